The Kier molecular flexibility index (Phi) is 12.2. The summed E-state index contributed by atoms with van der Waals surface area (Å²) in [6.45, 7) is 23.8. The van der Waals surface area contributed by atoms with E-state index in [1.54, 1.807) is 39.2 Å². The number of anilines is 1. The molecule has 5 fully saturated rings. The van der Waals surface area contributed by atoms with E-state index >= 15 is 0 Å². The fourth-order valence-electron chi connectivity index (χ4n) is 14.6. The van der Waals surface area contributed by atoms with Crippen LogP contribution in [0.5, 0.6) is 5.75 Å². The summed E-state index contributed by atoms with van der Waals surface area (Å²) in [6, 6.07) is 4.93. The average Bonchev–Trinajstić information content (AvgIpc) is 3.48. The molecule has 1 aromatic rings. The van der Waals surface area contributed by atoms with Crippen LogP contribution in [-0.4, -0.2) is 66.6 Å². The van der Waals surface area contributed by atoms with Gasteiger partial charge in [-0.05, 0) is 140 Å². The van der Waals surface area contributed by atoms with E-state index in [-0.39, 0.29) is 64.4 Å². The topological polar surface area (TPSA) is 157 Å². The molecule has 11 nitrogen and oxygen atoms in total. The molecule has 0 aromatic heterocycles. The molecule has 6 aliphatic carbocycles. The highest BCUT2D eigenvalue weighted by molar-refractivity contribution is 6.30. The number of halogens is 1. The van der Waals surface area contributed by atoms with Crippen LogP contribution in [0.4, 0.5) is 5.69 Å². The molecule has 2 amide bonds. The van der Waals surface area contributed by atoms with Crippen LogP contribution in [0.25, 0.3) is 0 Å². The minimum atomic E-state index is -1.50. The molecule has 0 aliphatic heterocycles. The first kappa shape index (κ1) is 47.5. The summed E-state index contributed by atoms with van der Waals surface area (Å²) >= 11 is 6.27. The number of ether oxygens (including phenoxy) is 3. The molecule has 63 heavy (non-hydrogen) atoms. The van der Waals surface area contributed by atoms with E-state index in [1.165, 1.54) is 0 Å². The second-order valence-electron chi connectivity index (χ2n) is 23.1. The Bertz CT molecular complexity index is 2090. The number of esters is 1. The number of methoxy groups -OCH3 is 1. The maximum Gasteiger partial charge on any atom is 0.309 e. The van der Waals surface area contributed by atoms with Crippen molar-refractivity contribution in [1.82, 2.24) is 5.32 Å². The normalized spacial score (nSPS) is 36.5. The molecule has 10 atom stereocenters. The Morgan fingerprint density at radius 2 is 1.56 bits per heavy atom. The number of carbonyl (C=O) groups is 5. The highest BCUT2D eigenvalue weighted by Gasteiger charge is 2.71. The number of Topliss-reactive ketones (excluding diaryl/α,β-unsaturated/α-hetero) is 1. The summed E-state index contributed by atoms with van der Waals surface area (Å²) in [5.74, 6) is -1.73. The molecule has 6 aliphatic rings. The van der Waals surface area contributed by atoms with Crippen molar-refractivity contribution in [3.63, 3.8) is 0 Å². The van der Waals surface area contributed by atoms with Gasteiger partial charge in [-0.25, -0.2) is 0 Å². The molecule has 1 aromatic carbocycles. The lowest BCUT2D eigenvalue weighted by molar-refractivity contribution is -0.235. The molecule has 7 rings (SSSR count). The standard InChI is InChI=1S/C51H73ClN2O9/c1-28(2)39-34(55)27-51(54-44(60)47(7,8)43(59)53-33-15-13-29(52)25-35(33)62-24-23-61-12)22-21-49(10)30(40(39)51)14-16-37-48(9)19-18-38(46(5,6)36(48)17-20-50(37,49)11)63-42(58)32-26-31(41(56)57)45(32,3)4/h13,15,25,28,30-32,36-38H,14,16-24,26-27H2,1-12H3,(H,53,59)(H,54,60)(H,56,57)/t30-,31+,32-,36+,37-,38+,48+,49-,50-,51-/m1/s1. The number of allylic oxidation sites excluding steroid dienone is 1. The van der Waals surface area contributed by atoms with Gasteiger partial charge >= 0.3 is 11.9 Å². The molecule has 5 saturated carbocycles. The number of ketones is 1. The Labute approximate surface area is 379 Å². The first-order valence-electron chi connectivity index (χ1n) is 23.5. The molecule has 0 bridgehead atoms. The summed E-state index contributed by atoms with van der Waals surface area (Å²) in [5.41, 5.74) is -1.16. The third kappa shape index (κ3) is 7.36. The lowest BCUT2D eigenvalue weighted by Gasteiger charge is -2.72. The molecular weight excluding hydrogens is 820 g/mol. The van der Waals surface area contributed by atoms with Gasteiger partial charge in [0.25, 0.3) is 0 Å². The van der Waals surface area contributed by atoms with Crippen LogP contribution in [-0.2, 0) is 33.4 Å². The Morgan fingerprint density at radius 1 is 0.857 bits per heavy atom. The van der Waals surface area contributed by atoms with Gasteiger partial charge in [0.05, 0.1) is 29.7 Å². The Morgan fingerprint density at radius 3 is 2.19 bits per heavy atom. The summed E-state index contributed by atoms with van der Waals surface area (Å²) in [5, 5.41) is 16.5. The zero-order chi connectivity index (χ0) is 46.5. The maximum absolute atomic E-state index is 14.6. The summed E-state index contributed by atoms with van der Waals surface area (Å²) < 4.78 is 17.4. The van der Waals surface area contributed by atoms with Crippen molar-refractivity contribution in [1.29, 1.82) is 0 Å². The van der Waals surface area contributed by atoms with Crippen molar-refractivity contribution < 1.29 is 43.3 Å². The zero-order valence-electron chi connectivity index (χ0n) is 39.8. The van der Waals surface area contributed by atoms with Crippen LogP contribution < -0.4 is 15.4 Å². The number of carbonyl (C=O) groups excluding carboxylic acids is 4. The van der Waals surface area contributed by atoms with Gasteiger partial charge in [0.1, 0.15) is 23.9 Å². The highest BCUT2D eigenvalue weighted by atomic mass is 35.5. The van der Waals surface area contributed by atoms with E-state index in [1.807, 2.05) is 13.8 Å². The van der Waals surface area contributed by atoms with E-state index in [4.69, 9.17) is 25.8 Å². The number of hydrogen-bond acceptors (Lipinski definition) is 8. The van der Waals surface area contributed by atoms with Gasteiger partial charge in [-0.15, -0.1) is 0 Å². The van der Waals surface area contributed by atoms with Gasteiger partial charge in [-0.3, -0.25) is 24.0 Å². The molecule has 0 saturated heterocycles. The SMILES string of the molecule is COCCOc1cc(Cl)ccc1NC(=O)C(C)(C)C(=O)N[C@@]12CC[C@]3(C)[C@H](CC[C@@H]4[C@@]5(C)CC[C@H](OC(=O)[C@H]6C[C@@H](C(=O)O)C6(C)C)C(C)(C)[C@@H]5CC[C@]43C)C1=C(C(C)C)C(=O)C2. The first-order valence-corrected chi connectivity index (χ1v) is 23.9. The van der Waals surface area contributed by atoms with E-state index in [0.717, 1.165) is 56.1 Å². The van der Waals surface area contributed by atoms with Crippen LogP contribution in [0, 0.1) is 68.0 Å². The fourth-order valence-corrected chi connectivity index (χ4v) is 14.8. The molecule has 348 valence electrons. The largest absolute Gasteiger partial charge is 0.489 e. The van der Waals surface area contributed by atoms with Crippen molar-refractivity contribution in [3.8, 4) is 5.75 Å². The summed E-state index contributed by atoms with van der Waals surface area (Å²) in [7, 11) is 1.57. The van der Waals surface area contributed by atoms with E-state index in [0.29, 0.717) is 47.7 Å². The lowest BCUT2D eigenvalue weighted by atomic mass is 9.33. The number of carboxylic acid groups (broad SMARTS) is 1. The van der Waals surface area contributed by atoms with E-state index in [9.17, 15) is 29.1 Å². The smallest absolute Gasteiger partial charge is 0.309 e. The number of aliphatic carboxylic acids is 1. The molecule has 3 N–H and O–H groups in total. The number of carboxylic acids is 1. The number of rotatable bonds is 12. The lowest BCUT2D eigenvalue weighted by Crippen LogP contribution is -2.68. The molecule has 0 radical (unpaired) electrons. The molecule has 0 spiro atoms. The number of hydrogen-bond donors (Lipinski definition) is 3. The number of fused-ring (bicyclic) bond motifs is 7. The highest BCUT2D eigenvalue weighted by Crippen LogP contribution is 2.76. The number of amides is 2. The predicted octanol–water partition coefficient (Wildman–Crippen LogP) is 9.84. The molecule has 12 heteroatoms. The zero-order valence-corrected chi connectivity index (χ0v) is 40.6. The van der Waals surface area contributed by atoms with E-state index in [2.05, 4.69) is 59.1 Å². The first-order chi connectivity index (χ1) is 29.2. The van der Waals surface area contributed by atoms with Gasteiger partial charge < -0.3 is 30.0 Å². The average molecular weight is 894 g/mol. The van der Waals surface area contributed by atoms with Crippen LogP contribution in [0.2, 0.25) is 5.02 Å². The Hall–Kier alpha value is -3.44. The monoisotopic (exact) mass is 893 g/mol. The number of nitrogens with one attached hydrogen (secondary N) is 2. The van der Waals surface area contributed by atoms with Crippen molar-refractivity contribution in [3.05, 3.63) is 34.4 Å². The van der Waals surface area contributed by atoms with Gasteiger partial charge in [0.2, 0.25) is 11.8 Å². The quantitative estimate of drug-likeness (QED) is 0.106. The van der Waals surface area contributed by atoms with E-state index < -0.39 is 46.0 Å². The van der Waals surface area contributed by atoms with Crippen LogP contribution in [0.15, 0.2) is 29.3 Å². The van der Waals surface area contributed by atoms with Crippen molar-refractivity contribution in [2.24, 2.45) is 68.0 Å². The minimum Gasteiger partial charge on any atom is -0.489 e. The number of benzene rings is 1. The van der Waals surface area contributed by atoms with Gasteiger partial charge in [0, 0.05) is 30.0 Å². The molecular formula is C51H73ClN2O9. The van der Waals surface area contributed by atoms with Crippen molar-refractivity contribution >= 4 is 46.8 Å². The van der Waals surface area contributed by atoms with Crippen LogP contribution in [0.1, 0.15) is 140 Å². The van der Waals surface area contributed by atoms with Crippen LogP contribution in [0.3, 0.4) is 0 Å². The predicted molar refractivity (Wildman–Crippen MR) is 242 cm³/mol. The minimum absolute atomic E-state index is 0.00278. The van der Waals surface area contributed by atoms with Crippen molar-refractivity contribution in [2.45, 2.75) is 152 Å². The summed E-state index contributed by atoms with van der Waals surface area (Å²) in [4.78, 5) is 68.5. The molecule has 0 heterocycles. The van der Waals surface area contributed by atoms with Crippen molar-refractivity contribution in [2.75, 3.05) is 25.6 Å². The summed E-state index contributed by atoms with van der Waals surface area (Å²) in [6.07, 6.45) is 7.35. The molecule has 0 unspecified atom stereocenters. The Balaban J connectivity index is 1.12. The maximum atomic E-state index is 14.6. The third-order valence-electron chi connectivity index (χ3n) is 18.7. The second-order valence-corrected chi connectivity index (χ2v) is 23.5. The third-order valence-corrected chi connectivity index (χ3v) is 18.9. The fraction of sp³-hybridized carbons (Fsp3) is 0.745. The van der Waals surface area contributed by atoms with Gasteiger partial charge in [0.15, 0.2) is 5.78 Å². The van der Waals surface area contributed by atoms with Gasteiger partial charge in [-0.1, -0.05) is 73.9 Å². The van der Waals surface area contributed by atoms with Gasteiger partial charge in [-0.2, -0.15) is 0 Å². The van der Waals surface area contributed by atoms with Crippen LogP contribution >= 0.6 is 11.6 Å². The second kappa shape index (κ2) is 16.2.